The van der Waals surface area contributed by atoms with Crippen LogP contribution in [0.2, 0.25) is 0 Å². The molecule has 0 bridgehead atoms. The summed E-state index contributed by atoms with van der Waals surface area (Å²) in [6.07, 6.45) is 6.82. The van der Waals surface area contributed by atoms with Crippen LogP contribution in [0.5, 0.6) is 0 Å². The molecule has 0 spiro atoms. The van der Waals surface area contributed by atoms with Gasteiger partial charge in [0.25, 0.3) is 0 Å². The van der Waals surface area contributed by atoms with E-state index in [-0.39, 0.29) is 0 Å². The van der Waals surface area contributed by atoms with Gasteiger partial charge >= 0.3 is 0 Å². The van der Waals surface area contributed by atoms with Crippen molar-refractivity contribution in [1.82, 2.24) is 19.5 Å². The van der Waals surface area contributed by atoms with Crippen LogP contribution < -0.4 is 5.73 Å². The molecule has 2 aromatic heterocycles. The number of imidazole rings is 1. The molecule has 0 radical (unpaired) electrons. The maximum Gasteiger partial charge on any atom is 0.160 e. The summed E-state index contributed by atoms with van der Waals surface area (Å²) in [5.74, 6) is 1.24. The molecule has 0 saturated carbocycles. The van der Waals surface area contributed by atoms with E-state index in [2.05, 4.69) is 21.9 Å². The maximum atomic E-state index is 5.45. The van der Waals surface area contributed by atoms with Gasteiger partial charge in [-0.25, -0.2) is 15.0 Å². The van der Waals surface area contributed by atoms with Gasteiger partial charge in [-0.3, -0.25) is 0 Å². The molecule has 5 nitrogen and oxygen atoms in total. The summed E-state index contributed by atoms with van der Waals surface area (Å²) in [6.45, 7) is 2.91. The van der Waals surface area contributed by atoms with Gasteiger partial charge in [0.1, 0.15) is 11.5 Å². The Morgan fingerprint density at radius 3 is 2.79 bits per heavy atom. The maximum absolute atomic E-state index is 5.45. The Morgan fingerprint density at radius 1 is 1.29 bits per heavy atom. The Morgan fingerprint density at radius 2 is 2.14 bits per heavy atom. The fourth-order valence-electron chi connectivity index (χ4n) is 1.25. The number of nitrogen functional groups attached to an aromatic ring is 1. The van der Waals surface area contributed by atoms with Crippen LogP contribution in [0.15, 0.2) is 24.8 Å². The lowest BCUT2D eigenvalue weighted by atomic mass is 10.4. The molecule has 5 heteroatoms. The fraction of sp³-hybridized carbons (Fsp3) is 0.222. The molecule has 14 heavy (non-hydrogen) atoms. The third kappa shape index (κ3) is 1.44. The number of nitrogens with zero attached hydrogens (tertiary/aromatic N) is 4. The zero-order valence-electron chi connectivity index (χ0n) is 7.88. The van der Waals surface area contributed by atoms with Gasteiger partial charge in [0, 0.05) is 18.9 Å². The normalized spacial score (nSPS) is 10.4. The van der Waals surface area contributed by atoms with Gasteiger partial charge in [-0.05, 0) is 6.92 Å². The zero-order chi connectivity index (χ0) is 9.97. The van der Waals surface area contributed by atoms with E-state index in [1.165, 1.54) is 6.20 Å². The lowest BCUT2D eigenvalue weighted by Gasteiger charge is -2.02. The number of hydrogen-bond donors (Lipinski definition) is 1. The molecule has 2 aromatic rings. The van der Waals surface area contributed by atoms with Crippen LogP contribution in [0.4, 0.5) is 5.82 Å². The third-order valence-electron chi connectivity index (χ3n) is 1.96. The van der Waals surface area contributed by atoms with Crippen LogP contribution in [-0.2, 0) is 6.54 Å². The molecule has 72 valence electrons. The van der Waals surface area contributed by atoms with Gasteiger partial charge in [-0.2, -0.15) is 0 Å². The second kappa shape index (κ2) is 3.45. The number of nitrogens with two attached hydrogens (primary N) is 1. The Balaban J connectivity index is 2.44. The van der Waals surface area contributed by atoms with E-state index in [0.717, 1.165) is 18.1 Å². The lowest BCUT2D eigenvalue weighted by Crippen LogP contribution is -1.99. The van der Waals surface area contributed by atoms with Crippen LogP contribution in [0.1, 0.15) is 6.92 Å². The summed E-state index contributed by atoms with van der Waals surface area (Å²) < 4.78 is 2.00. The zero-order valence-corrected chi connectivity index (χ0v) is 7.88. The highest BCUT2D eigenvalue weighted by atomic mass is 15.1. The van der Waals surface area contributed by atoms with Crippen molar-refractivity contribution in [1.29, 1.82) is 0 Å². The molecule has 0 atom stereocenters. The molecule has 0 fully saturated rings. The van der Waals surface area contributed by atoms with Crippen LogP contribution in [0.25, 0.3) is 11.5 Å². The highest BCUT2D eigenvalue weighted by molar-refractivity contribution is 5.49. The van der Waals surface area contributed by atoms with Crippen molar-refractivity contribution in [3.63, 3.8) is 0 Å². The molecule has 0 aromatic carbocycles. The van der Waals surface area contributed by atoms with Crippen molar-refractivity contribution >= 4 is 5.82 Å². The number of aryl methyl sites for hydroxylation is 1. The molecule has 2 N–H and O–H groups in total. The van der Waals surface area contributed by atoms with Crippen molar-refractivity contribution in [2.75, 3.05) is 5.73 Å². The number of anilines is 1. The molecule has 0 unspecified atom stereocenters. The minimum Gasteiger partial charge on any atom is -0.382 e. The van der Waals surface area contributed by atoms with E-state index in [4.69, 9.17) is 5.73 Å². The van der Waals surface area contributed by atoms with Crippen molar-refractivity contribution in [2.45, 2.75) is 13.5 Å². The minimum atomic E-state index is 0.420. The van der Waals surface area contributed by atoms with Gasteiger partial charge < -0.3 is 10.3 Å². The van der Waals surface area contributed by atoms with Crippen molar-refractivity contribution in [3.8, 4) is 11.5 Å². The summed E-state index contributed by atoms with van der Waals surface area (Å²) in [5.41, 5.74) is 6.19. The van der Waals surface area contributed by atoms with Crippen molar-refractivity contribution < 1.29 is 0 Å². The van der Waals surface area contributed by atoms with Gasteiger partial charge in [-0.1, -0.05) is 0 Å². The summed E-state index contributed by atoms with van der Waals surface area (Å²) in [7, 11) is 0. The molecule has 0 amide bonds. The number of rotatable bonds is 2. The largest absolute Gasteiger partial charge is 0.382 e. The van der Waals surface area contributed by atoms with Crippen molar-refractivity contribution in [3.05, 3.63) is 24.8 Å². The average molecular weight is 189 g/mol. The van der Waals surface area contributed by atoms with Gasteiger partial charge in [-0.15, -0.1) is 0 Å². The van der Waals surface area contributed by atoms with Crippen molar-refractivity contribution in [2.24, 2.45) is 0 Å². The first-order valence-corrected chi connectivity index (χ1v) is 4.40. The average Bonchev–Trinajstić information content (AvgIpc) is 2.67. The Labute approximate surface area is 81.6 Å². The second-order valence-electron chi connectivity index (χ2n) is 2.86. The molecule has 2 heterocycles. The smallest absolute Gasteiger partial charge is 0.160 e. The van der Waals surface area contributed by atoms with Gasteiger partial charge in [0.05, 0.1) is 12.4 Å². The van der Waals surface area contributed by atoms with E-state index >= 15 is 0 Å². The summed E-state index contributed by atoms with van der Waals surface area (Å²) in [4.78, 5) is 12.3. The van der Waals surface area contributed by atoms with E-state index in [1.807, 2.05) is 10.8 Å². The molecule has 2 rings (SSSR count). The summed E-state index contributed by atoms with van der Waals surface area (Å²) in [6, 6.07) is 0. The predicted octanol–water partition coefficient (Wildman–Crippen LogP) is 0.942. The lowest BCUT2D eigenvalue weighted by molar-refractivity contribution is 0.767. The Hall–Kier alpha value is -1.91. The molecule has 0 aliphatic heterocycles. The van der Waals surface area contributed by atoms with E-state index in [9.17, 15) is 0 Å². The first-order chi connectivity index (χ1) is 6.81. The van der Waals surface area contributed by atoms with E-state index in [0.29, 0.717) is 5.82 Å². The highest BCUT2D eigenvalue weighted by Crippen LogP contribution is 2.13. The minimum absolute atomic E-state index is 0.420. The standard InChI is InChI=1S/C9H11N5/c1-2-14-4-3-11-9(14)7-5-13-8(10)6-12-7/h3-6H,2H2,1H3,(H2,10,13). The third-order valence-corrected chi connectivity index (χ3v) is 1.96. The molecular weight excluding hydrogens is 178 g/mol. The van der Waals surface area contributed by atoms with Crippen LogP contribution in [0.3, 0.4) is 0 Å². The first kappa shape index (κ1) is 8.68. The van der Waals surface area contributed by atoms with Crippen LogP contribution in [0, 0.1) is 0 Å². The molecule has 0 saturated heterocycles. The predicted molar refractivity (Wildman–Crippen MR) is 53.3 cm³/mol. The molecular formula is C9H11N5. The molecule has 0 aliphatic rings. The molecule has 0 aliphatic carbocycles. The quantitative estimate of drug-likeness (QED) is 0.763. The monoisotopic (exact) mass is 189 g/mol. The summed E-state index contributed by atoms with van der Waals surface area (Å²) in [5, 5.41) is 0. The number of hydrogen-bond acceptors (Lipinski definition) is 4. The fourth-order valence-corrected chi connectivity index (χ4v) is 1.25. The summed E-state index contributed by atoms with van der Waals surface area (Å²) >= 11 is 0. The van der Waals surface area contributed by atoms with E-state index < -0.39 is 0 Å². The Bertz CT molecular complexity index is 417. The van der Waals surface area contributed by atoms with Gasteiger partial charge in [0.2, 0.25) is 0 Å². The van der Waals surface area contributed by atoms with Crippen LogP contribution >= 0.6 is 0 Å². The Kier molecular flexibility index (Phi) is 2.14. The second-order valence-corrected chi connectivity index (χ2v) is 2.86. The van der Waals surface area contributed by atoms with Gasteiger partial charge in [0.15, 0.2) is 5.82 Å². The van der Waals surface area contributed by atoms with Crippen LogP contribution in [-0.4, -0.2) is 19.5 Å². The topological polar surface area (TPSA) is 69.6 Å². The first-order valence-electron chi connectivity index (χ1n) is 4.40. The van der Waals surface area contributed by atoms with E-state index in [1.54, 1.807) is 12.4 Å². The highest BCUT2D eigenvalue weighted by Gasteiger charge is 2.05. The number of aromatic nitrogens is 4. The SMILES string of the molecule is CCn1ccnc1-c1cnc(N)cn1.